The van der Waals surface area contributed by atoms with Crippen molar-refractivity contribution in [2.75, 3.05) is 0 Å². The van der Waals surface area contributed by atoms with Crippen LogP contribution in [-0.4, -0.2) is 26.0 Å². The highest BCUT2D eigenvalue weighted by Gasteiger charge is 2.09. The molecule has 6 heteroatoms. The number of rotatable bonds is 1. The molecule has 0 amide bonds. The molecule has 6 nitrogen and oxygen atoms in total. The highest BCUT2D eigenvalue weighted by molar-refractivity contribution is 5.91. The third kappa shape index (κ3) is 1.22. The Morgan fingerprint density at radius 3 is 3.00 bits per heavy atom. The van der Waals surface area contributed by atoms with E-state index in [4.69, 9.17) is 5.11 Å². The fraction of sp³-hybridized carbons (Fsp3) is 0. The average molecular weight is 191 g/mol. The van der Waals surface area contributed by atoms with Crippen molar-refractivity contribution < 1.29 is 9.90 Å². The van der Waals surface area contributed by atoms with Crippen LogP contribution in [0.4, 0.5) is 0 Å². The van der Waals surface area contributed by atoms with Crippen LogP contribution in [0.5, 0.6) is 0 Å². The number of H-pyrrole nitrogens is 1. The third-order valence-electron chi connectivity index (χ3n) is 1.75. The summed E-state index contributed by atoms with van der Waals surface area (Å²) < 4.78 is 0. The molecule has 2 rings (SSSR count). The number of nitrogens with one attached hydrogen (secondary N) is 1. The first kappa shape index (κ1) is 8.36. The zero-order valence-corrected chi connectivity index (χ0v) is 6.89. The molecule has 70 valence electrons. The molecule has 0 aliphatic heterocycles. The Hall–Kier alpha value is -2.24. The van der Waals surface area contributed by atoms with Gasteiger partial charge in [-0.05, 0) is 6.07 Å². The monoisotopic (exact) mass is 191 g/mol. The lowest BCUT2D eigenvalue weighted by Gasteiger charge is -1.96. The van der Waals surface area contributed by atoms with Crippen LogP contribution in [0, 0.1) is 0 Å². The smallest absolute Gasteiger partial charge is 0.341 e. The average Bonchev–Trinajstić information content (AvgIpc) is 2.16. The van der Waals surface area contributed by atoms with Gasteiger partial charge in [0.25, 0.3) is 5.56 Å². The van der Waals surface area contributed by atoms with E-state index in [-0.39, 0.29) is 5.56 Å². The van der Waals surface area contributed by atoms with Crippen LogP contribution in [0.1, 0.15) is 10.4 Å². The van der Waals surface area contributed by atoms with E-state index in [9.17, 15) is 9.59 Å². The van der Waals surface area contributed by atoms with Gasteiger partial charge in [0.2, 0.25) is 0 Å². The van der Waals surface area contributed by atoms with E-state index in [1.54, 1.807) is 0 Å². The van der Waals surface area contributed by atoms with Crippen LogP contribution < -0.4 is 5.56 Å². The second-order valence-corrected chi connectivity index (χ2v) is 2.64. The molecular formula is C8H5N3O3. The lowest BCUT2D eigenvalue weighted by molar-refractivity contribution is 0.0695. The second-order valence-electron chi connectivity index (χ2n) is 2.64. The Morgan fingerprint density at radius 2 is 2.29 bits per heavy atom. The van der Waals surface area contributed by atoms with Crippen LogP contribution in [0.25, 0.3) is 11.0 Å². The van der Waals surface area contributed by atoms with Gasteiger partial charge >= 0.3 is 5.97 Å². The largest absolute Gasteiger partial charge is 0.477 e. The highest BCUT2D eigenvalue weighted by Crippen LogP contribution is 2.05. The zero-order valence-electron chi connectivity index (χ0n) is 6.89. The van der Waals surface area contributed by atoms with Gasteiger partial charge < -0.3 is 10.1 Å². The summed E-state index contributed by atoms with van der Waals surface area (Å²) in [5.74, 6) is -1.27. The summed E-state index contributed by atoms with van der Waals surface area (Å²) in [4.78, 5) is 31.6. The number of pyridine rings is 1. The summed E-state index contributed by atoms with van der Waals surface area (Å²) in [5.41, 5.74) is -0.647. The minimum Gasteiger partial charge on any atom is -0.477 e. The number of hydrogen-bond donors (Lipinski definition) is 2. The molecule has 0 aromatic carbocycles. The van der Waals surface area contributed by atoms with E-state index in [1.165, 1.54) is 18.6 Å². The van der Waals surface area contributed by atoms with Gasteiger partial charge in [-0.15, -0.1) is 0 Å². The van der Waals surface area contributed by atoms with Crippen molar-refractivity contribution in [3.8, 4) is 0 Å². The van der Waals surface area contributed by atoms with Crippen molar-refractivity contribution in [3.63, 3.8) is 0 Å². The van der Waals surface area contributed by atoms with Gasteiger partial charge in [0.05, 0.1) is 0 Å². The second kappa shape index (κ2) is 2.91. The number of aromatic amines is 1. The third-order valence-corrected chi connectivity index (χ3v) is 1.75. The van der Waals surface area contributed by atoms with Gasteiger partial charge in [0.15, 0.2) is 0 Å². The molecule has 0 fully saturated rings. The fourth-order valence-corrected chi connectivity index (χ4v) is 1.11. The molecule has 0 atom stereocenters. The number of carboxylic acids is 1. The summed E-state index contributed by atoms with van der Waals surface area (Å²) in [7, 11) is 0. The van der Waals surface area contributed by atoms with Crippen molar-refractivity contribution in [1.29, 1.82) is 0 Å². The minimum absolute atomic E-state index is 0.313. The first-order chi connectivity index (χ1) is 6.68. The van der Waals surface area contributed by atoms with Crippen LogP contribution in [-0.2, 0) is 0 Å². The Bertz CT molecular complexity index is 561. The Labute approximate surface area is 77.3 Å². The summed E-state index contributed by atoms with van der Waals surface area (Å²) in [6.07, 6.45) is 2.71. The number of nitrogens with zero attached hydrogens (tertiary/aromatic N) is 2. The summed E-state index contributed by atoms with van der Waals surface area (Å²) in [5, 5.41) is 9.15. The van der Waals surface area contributed by atoms with Crippen molar-refractivity contribution >= 4 is 17.0 Å². The van der Waals surface area contributed by atoms with Crippen molar-refractivity contribution in [1.82, 2.24) is 15.0 Å². The predicted octanol–water partition coefficient (Wildman–Crippen LogP) is 0.0163. The topological polar surface area (TPSA) is 95.9 Å². The Kier molecular flexibility index (Phi) is 1.74. The van der Waals surface area contributed by atoms with Crippen LogP contribution >= 0.6 is 0 Å². The van der Waals surface area contributed by atoms with Gasteiger partial charge in [-0.2, -0.15) is 0 Å². The van der Waals surface area contributed by atoms with Crippen LogP contribution in [0.2, 0.25) is 0 Å². The molecule has 0 spiro atoms. The predicted molar refractivity (Wildman–Crippen MR) is 47.1 cm³/mol. The summed E-state index contributed by atoms with van der Waals surface area (Å²) in [6.45, 7) is 0. The molecule has 2 aromatic heterocycles. The lowest BCUT2D eigenvalue weighted by Crippen LogP contribution is -2.17. The highest BCUT2D eigenvalue weighted by atomic mass is 16.4. The van der Waals surface area contributed by atoms with E-state index in [0.29, 0.717) is 11.0 Å². The molecule has 0 unspecified atom stereocenters. The van der Waals surface area contributed by atoms with Crippen molar-refractivity contribution in [2.24, 2.45) is 0 Å². The molecule has 0 bridgehead atoms. The van der Waals surface area contributed by atoms with Gasteiger partial charge in [0, 0.05) is 11.6 Å². The maximum atomic E-state index is 11.2. The minimum atomic E-state index is -1.27. The normalized spacial score (nSPS) is 10.3. The van der Waals surface area contributed by atoms with E-state index < -0.39 is 11.5 Å². The number of aromatic nitrogens is 3. The number of aromatic carboxylic acids is 1. The van der Waals surface area contributed by atoms with E-state index >= 15 is 0 Å². The first-order valence-electron chi connectivity index (χ1n) is 3.75. The molecule has 2 aromatic rings. The van der Waals surface area contributed by atoms with Gasteiger partial charge in [-0.25, -0.2) is 14.8 Å². The Balaban J connectivity index is 2.84. The van der Waals surface area contributed by atoms with Crippen molar-refractivity contribution in [2.45, 2.75) is 0 Å². The fourth-order valence-electron chi connectivity index (χ4n) is 1.11. The van der Waals surface area contributed by atoms with Crippen LogP contribution in [0.15, 0.2) is 23.4 Å². The molecule has 14 heavy (non-hydrogen) atoms. The van der Waals surface area contributed by atoms with Gasteiger partial charge in [-0.3, -0.25) is 4.79 Å². The molecule has 0 radical (unpaired) electrons. The summed E-state index contributed by atoms with van der Waals surface area (Å²) >= 11 is 0. The van der Waals surface area contributed by atoms with Crippen molar-refractivity contribution in [3.05, 3.63) is 34.5 Å². The first-order valence-corrected chi connectivity index (χ1v) is 3.75. The maximum absolute atomic E-state index is 11.2. The molecule has 0 saturated carbocycles. The van der Waals surface area contributed by atoms with E-state index in [2.05, 4.69) is 15.0 Å². The SMILES string of the molecule is O=C(O)c1cc2cncnc2[nH]c1=O. The quantitative estimate of drug-likeness (QED) is 0.662. The molecular weight excluding hydrogens is 186 g/mol. The standard InChI is InChI=1S/C8H5N3O3/c12-7-5(8(13)14)1-4-2-9-3-10-6(4)11-7/h1-3H,(H,13,14)(H,9,10,11,12). The number of fused-ring (bicyclic) bond motifs is 1. The number of carboxylic acid groups (broad SMARTS) is 1. The number of hydrogen-bond acceptors (Lipinski definition) is 4. The maximum Gasteiger partial charge on any atom is 0.341 e. The Morgan fingerprint density at radius 1 is 1.50 bits per heavy atom. The molecule has 0 aliphatic carbocycles. The molecule has 2 heterocycles. The summed E-state index contributed by atoms with van der Waals surface area (Å²) in [6, 6.07) is 1.25. The van der Waals surface area contributed by atoms with E-state index in [1.807, 2.05) is 0 Å². The zero-order chi connectivity index (χ0) is 10.1. The number of carbonyl (C=O) groups is 1. The van der Waals surface area contributed by atoms with E-state index in [0.717, 1.165) is 0 Å². The van der Waals surface area contributed by atoms with Gasteiger partial charge in [-0.1, -0.05) is 0 Å². The van der Waals surface area contributed by atoms with Gasteiger partial charge in [0.1, 0.15) is 17.5 Å². The molecule has 0 saturated heterocycles. The molecule has 0 aliphatic rings. The lowest BCUT2D eigenvalue weighted by atomic mass is 10.2. The van der Waals surface area contributed by atoms with Crippen LogP contribution in [0.3, 0.4) is 0 Å². The molecule has 2 N–H and O–H groups in total.